The molecule has 0 spiro atoms. The van der Waals surface area contributed by atoms with Crippen molar-refractivity contribution < 1.29 is 13.2 Å². The summed E-state index contributed by atoms with van der Waals surface area (Å²) in [6.45, 7) is 7.63. The number of nitrogens with one attached hydrogen (secondary N) is 1. The second-order valence-electron chi connectivity index (χ2n) is 5.74. The van der Waals surface area contributed by atoms with E-state index in [-0.39, 0.29) is 21.6 Å². The van der Waals surface area contributed by atoms with Crippen molar-refractivity contribution in [2.45, 2.75) is 48.3 Å². The van der Waals surface area contributed by atoms with Crippen molar-refractivity contribution in [2.24, 2.45) is 0 Å². The maximum Gasteiger partial charge on any atom is 0.233 e. The molecule has 4 nitrogen and oxygen atoms in total. The molecule has 0 aliphatic carbocycles. The number of rotatable bonds is 4. The molecular formula is C14H21NO3S2. The monoisotopic (exact) mass is 315 g/mol. The average molecular weight is 315 g/mol. The summed E-state index contributed by atoms with van der Waals surface area (Å²) in [7, 11) is -3.18. The summed E-state index contributed by atoms with van der Waals surface area (Å²) < 4.78 is 22.7. The smallest absolute Gasteiger partial charge is 0.233 e. The van der Waals surface area contributed by atoms with E-state index in [2.05, 4.69) is 5.32 Å². The van der Waals surface area contributed by atoms with Crippen LogP contribution in [0, 0.1) is 0 Å². The van der Waals surface area contributed by atoms with E-state index >= 15 is 0 Å². The van der Waals surface area contributed by atoms with E-state index in [1.807, 2.05) is 27.7 Å². The van der Waals surface area contributed by atoms with Gasteiger partial charge in [0.2, 0.25) is 5.91 Å². The Morgan fingerprint density at radius 1 is 1.20 bits per heavy atom. The fourth-order valence-corrected chi connectivity index (χ4v) is 2.99. The number of sulfone groups is 1. The lowest BCUT2D eigenvalue weighted by Gasteiger charge is -2.23. The number of hydrogen-bond donors (Lipinski definition) is 1. The number of hydrogen-bond acceptors (Lipinski definition) is 4. The Hall–Kier alpha value is -1.01. The van der Waals surface area contributed by atoms with Gasteiger partial charge in [-0.25, -0.2) is 8.42 Å². The average Bonchev–Trinajstić information content (AvgIpc) is 2.26. The minimum absolute atomic E-state index is 0.0327. The summed E-state index contributed by atoms with van der Waals surface area (Å²) in [6, 6.07) is 6.57. The van der Waals surface area contributed by atoms with Crippen molar-refractivity contribution in [3.05, 3.63) is 24.3 Å². The fourth-order valence-electron chi connectivity index (χ4n) is 1.49. The quantitative estimate of drug-likeness (QED) is 0.867. The molecule has 0 aromatic heterocycles. The molecule has 0 bridgehead atoms. The SMILES string of the molecule is C[C@@H](Sc1ccc(S(C)(=O)=O)cc1)C(=O)NC(C)(C)C. The second kappa shape index (κ2) is 6.18. The van der Waals surface area contributed by atoms with Crippen molar-refractivity contribution in [1.29, 1.82) is 0 Å². The van der Waals surface area contributed by atoms with Gasteiger partial charge in [0.25, 0.3) is 0 Å². The normalized spacial score (nSPS) is 13.8. The molecule has 0 aliphatic heterocycles. The van der Waals surface area contributed by atoms with Crippen LogP contribution in [0.1, 0.15) is 27.7 Å². The highest BCUT2D eigenvalue weighted by Crippen LogP contribution is 2.25. The van der Waals surface area contributed by atoms with Gasteiger partial charge in [-0.05, 0) is 52.0 Å². The molecule has 0 heterocycles. The van der Waals surface area contributed by atoms with Gasteiger partial charge in [-0.15, -0.1) is 11.8 Å². The second-order valence-corrected chi connectivity index (χ2v) is 9.17. The zero-order valence-electron chi connectivity index (χ0n) is 12.4. The third-order valence-electron chi connectivity index (χ3n) is 2.43. The number of amides is 1. The zero-order chi connectivity index (χ0) is 15.6. The Kier molecular flexibility index (Phi) is 5.27. The highest BCUT2D eigenvalue weighted by Gasteiger charge is 2.20. The first-order valence-corrected chi connectivity index (χ1v) is 9.05. The van der Waals surface area contributed by atoms with Crippen LogP contribution in [0.2, 0.25) is 0 Å². The topological polar surface area (TPSA) is 63.2 Å². The molecule has 112 valence electrons. The van der Waals surface area contributed by atoms with Crippen molar-refractivity contribution in [3.63, 3.8) is 0 Å². The lowest BCUT2D eigenvalue weighted by atomic mass is 10.1. The van der Waals surface area contributed by atoms with Gasteiger partial charge in [-0.2, -0.15) is 0 Å². The van der Waals surface area contributed by atoms with Gasteiger partial charge in [0.1, 0.15) is 0 Å². The first kappa shape index (κ1) is 17.0. The highest BCUT2D eigenvalue weighted by molar-refractivity contribution is 8.00. The Labute approximate surface area is 125 Å². The van der Waals surface area contributed by atoms with Gasteiger partial charge >= 0.3 is 0 Å². The van der Waals surface area contributed by atoms with E-state index in [1.54, 1.807) is 24.3 Å². The number of carbonyl (C=O) groups excluding carboxylic acids is 1. The van der Waals surface area contributed by atoms with E-state index in [0.29, 0.717) is 0 Å². The fraction of sp³-hybridized carbons (Fsp3) is 0.500. The van der Waals surface area contributed by atoms with Crippen molar-refractivity contribution >= 4 is 27.5 Å². The Morgan fingerprint density at radius 2 is 1.70 bits per heavy atom. The van der Waals surface area contributed by atoms with Crippen LogP contribution >= 0.6 is 11.8 Å². The van der Waals surface area contributed by atoms with Crippen LogP contribution in [0.4, 0.5) is 0 Å². The summed E-state index contributed by atoms with van der Waals surface area (Å²) in [5, 5.41) is 2.68. The van der Waals surface area contributed by atoms with E-state index in [1.165, 1.54) is 18.0 Å². The summed E-state index contributed by atoms with van der Waals surface area (Å²) in [5.41, 5.74) is -0.258. The molecule has 0 aliphatic rings. The number of benzene rings is 1. The van der Waals surface area contributed by atoms with Gasteiger partial charge in [0, 0.05) is 16.7 Å². The first-order valence-electron chi connectivity index (χ1n) is 6.28. The Morgan fingerprint density at radius 3 is 2.10 bits per heavy atom. The van der Waals surface area contributed by atoms with Crippen LogP contribution in [-0.4, -0.2) is 31.4 Å². The largest absolute Gasteiger partial charge is 0.351 e. The minimum Gasteiger partial charge on any atom is -0.351 e. The van der Waals surface area contributed by atoms with Crippen LogP contribution in [-0.2, 0) is 14.6 Å². The first-order chi connectivity index (χ1) is 8.99. The van der Waals surface area contributed by atoms with Gasteiger partial charge in [-0.3, -0.25) is 4.79 Å². The highest BCUT2D eigenvalue weighted by atomic mass is 32.2. The molecule has 1 N–H and O–H groups in total. The van der Waals surface area contributed by atoms with Gasteiger partial charge in [0.15, 0.2) is 9.84 Å². The molecule has 0 saturated heterocycles. The van der Waals surface area contributed by atoms with E-state index in [0.717, 1.165) is 4.90 Å². The molecule has 1 amide bonds. The Bertz CT molecular complexity index is 571. The van der Waals surface area contributed by atoms with E-state index in [9.17, 15) is 13.2 Å². The molecule has 1 rings (SSSR count). The maximum atomic E-state index is 12.0. The summed E-state index contributed by atoms with van der Waals surface area (Å²) >= 11 is 1.40. The predicted octanol–water partition coefficient (Wildman–Crippen LogP) is 2.49. The third-order valence-corrected chi connectivity index (χ3v) is 4.67. The van der Waals surface area contributed by atoms with E-state index in [4.69, 9.17) is 0 Å². The molecule has 0 radical (unpaired) electrons. The summed E-state index contributed by atoms with van der Waals surface area (Å²) in [4.78, 5) is 13.1. The molecule has 1 atom stereocenters. The summed E-state index contributed by atoms with van der Waals surface area (Å²) in [5.74, 6) is -0.0327. The van der Waals surface area contributed by atoms with Gasteiger partial charge in [-0.1, -0.05) is 0 Å². The molecule has 1 aromatic carbocycles. The lowest BCUT2D eigenvalue weighted by molar-refractivity contribution is -0.121. The zero-order valence-corrected chi connectivity index (χ0v) is 14.1. The third kappa shape index (κ3) is 5.54. The Balaban J connectivity index is 2.72. The van der Waals surface area contributed by atoms with Crippen LogP contribution in [0.5, 0.6) is 0 Å². The van der Waals surface area contributed by atoms with Gasteiger partial charge < -0.3 is 5.32 Å². The molecule has 6 heteroatoms. The molecule has 0 unspecified atom stereocenters. The molecule has 20 heavy (non-hydrogen) atoms. The summed E-state index contributed by atoms with van der Waals surface area (Å²) in [6.07, 6.45) is 1.18. The van der Waals surface area contributed by atoms with Crippen LogP contribution in [0.15, 0.2) is 34.1 Å². The minimum atomic E-state index is -3.18. The number of carbonyl (C=O) groups is 1. The predicted molar refractivity (Wildman–Crippen MR) is 82.8 cm³/mol. The number of thioether (sulfide) groups is 1. The van der Waals surface area contributed by atoms with Crippen molar-refractivity contribution in [3.8, 4) is 0 Å². The van der Waals surface area contributed by atoms with Crippen molar-refractivity contribution in [2.75, 3.05) is 6.26 Å². The van der Waals surface area contributed by atoms with Crippen LogP contribution in [0.25, 0.3) is 0 Å². The molecular weight excluding hydrogens is 294 g/mol. The van der Waals surface area contributed by atoms with E-state index < -0.39 is 9.84 Å². The standard InChI is InChI=1S/C14H21NO3S2/c1-10(13(16)15-14(2,3)4)19-11-6-8-12(9-7-11)20(5,17)18/h6-10H,1-5H3,(H,15,16)/t10-/m1/s1. The maximum absolute atomic E-state index is 12.0. The van der Waals surface area contributed by atoms with Crippen LogP contribution < -0.4 is 5.32 Å². The molecule has 1 aromatic rings. The van der Waals surface area contributed by atoms with Gasteiger partial charge in [0.05, 0.1) is 10.1 Å². The van der Waals surface area contributed by atoms with Crippen molar-refractivity contribution in [1.82, 2.24) is 5.32 Å². The van der Waals surface area contributed by atoms with Crippen LogP contribution in [0.3, 0.4) is 0 Å². The molecule has 0 fully saturated rings. The lowest BCUT2D eigenvalue weighted by Crippen LogP contribution is -2.44. The molecule has 0 saturated carbocycles.